The van der Waals surface area contributed by atoms with E-state index in [-0.39, 0.29) is 23.2 Å². The van der Waals surface area contributed by atoms with E-state index in [1.807, 2.05) is 6.92 Å². The lowest BCUT2D eigenvalue weighted by atomic mass is 9.74. The average Bonchev–Trinajstić information content (AvgIpc) is 1.93. The van der Waals surface area contributed by atoms with Gasteiger partial charge in [-0.3, -0.25) is 4.79 Å². The van der Waals surface area contributed by atoms with Crippen molar-refractivity contribution in [3.8, 4) is 0 Å². The van der Waals surface area contributed by atoms with Gasteiger partial charge in [-0.25, -0.2) is 0 Å². The van der Waals surface area contributed by atoms with Gasteiger partial charge in [0.1, 0.15) is 0 Å². The van der Waals surface area contributed by atoms with Crippen LogP contribution in [-0.4, -0.2) is 23.2 Å². The molecule has 1 fully saturated rings. The van der Waals surface area contributed by atoms with Crippen LogP contribution in [0.25, 0.3) is 0 Å². The van der Waals surface area contributed by atoms with Crippen molar-refractivity contribution >= 4 is 5.97 Å². The Morgan fingerprint density at radius 2 is 1.76 bits per heavy atom. The van der Waals surface area contributed by atoms with Crippen LogP contribution < -0.4 is 5.32 Å². The molecule has 1 N–H and O–H groups in total. The Labute approximate surface area is 105 Å². The fourth-order valence-corrected chi connectivity index (χ4v) is 3.50. The van der Waals surface area contributed by atoms with Crippen LogP contribution in [0.1, 0.15) is 60.8 Å². The highest BCUT2D eigenvalue weighted by molar-refractivity contribution is 5.66. The minimum atomic E-state index is -0.176. The zero-order chi connectivity index (χ0) is 13.3. The van der Waals surface area contributed by atoms with Gasteiger partial charge in [0.15, 0.2) is 0 Å². The third-order valence-electron chi connectivity index (χ3n) is 3.31. The van der Waals surface area contributed by atoms with Crippen LogP contribution in [0.4, 0.5) is 0 Å². The molecule has 3 nitrogen and oxygen atoms in total. The first-order chi connectivity index (χ1) is 7.60. The second-order valence-corrected chi connectivity index (χ2v) is 6.82. The summed E-state index contributed by atoms with van der Waals surface area (Å²) < 4.78 is 5.23. The summed E-state index contributed by atoms with van der Waals surface area (Å²) >= 11 is 0. The van der Waals surface area contributed by atoms with Gasteiger partial charge in [0.05, 0.1) is 6.10 Å². The van der Waals surface area contributed by atoms with Crippen molar-refractivity contribution in [1.29, 1.82) is 0 Å². The molecule has 0 bridgehead atoms. The lowest BCUT2D eigenvalue weighted by Crippen LogP contribution is -2.58. The molecular weight excluding hydrogens is 214 g/mol. The molecule has 0 amide bonds. The summed E-state index contributed by atoms with van der Waals surface area (Å²) in [6.07, 6.45) is 3.28. The first kappa shape index (κ1) is 14.5. The highest BCUT2D eigenvalue weighted by Crippen LogP contribution is 2.35. The quantitative estimate of drug-likeness (QED) is 0.772. The van der Waals surface area contributed by atoms with E-state index >= 15 is 0 Å². The van der Waals surface area contributed by atoms with Crippen LogP contribution >= 0.6 is 0 Å². The van der Waals surface area contributed by atoms with Crippen molar-refractivity contribution in [3.63, 3.8) is 0 Å². The number of esters is 1. The van der Waals surface area contributed by atoms with Crippen LogP contribution in [-0.2, 0) is 9.53 Å². The normalized spacial score (nSPS) is 25.3. The maximum atomic E-state index is 10.9. The highest BCUT2D eigenvalue weighted by Gasteiger charge is 2.38. The number of piperidine rings is 1. The van der Waals surface area contributed by atoms with Crippen LogP contribution in [0.5, 0.6) is 0 Å². The third-order valence-corrected chi connectivity index (χ3v) is 3.31. The van der Waals surface area contributed by atoms with E-state index in [1.165, 1.54) is 6.92 Å². The zero-order valence-electron chi connectivity index (χ0n) is 12.1. The molecule has 0 spiro atoms. The largest absolute Gasteiger partial charge is 0.463 e. The van der Waals surface area contributed by atoms with Gasteiger partial charge >= 0.3 is 5.97 Å². The minimum Gasteiger partial charge on any atom is -0.463 e. The Kier molecular flexibility index (Phi) is 4.23. The van der Waals surface area contributed by atoms with Crippen LogP contribution in [0, 0.1) is 5.92 Å². The Morgan fingerprint density at radius 1 is 1.29 bits per heavy atom. The van der Waals surface area contributed by atoms with Crippen LogP contribution in [0.15, 0.2) is 0 Å². The molecule has 1 aliphatic heterocycles. The molecule has 1 heterocycles. The molecule has 0 aromatic heterocycles. The van der Waals surface area contributed by atoms with E-state index in [9.17, 15) is 4.79 Å². The van der Waals surface area contributed by atoms with Gasteiger partial charge < -0.3 is 10.1 Å². The Morgan fingerprint density at radius 3 is 2.18 bits per heavy atom. The fraction of sp³-hybridized carbons (Fsp3) is 0.929. The van der Waals surface area contributed by atoms with Crippen molar-refractivity contribution in [2.75, 3.05) is 0 Å². The van der Waals surface area contributed by atoms with E-state index in [0.29, 0.717) is 5.92 Å². The fourth-order valence-electron chi connectivity index (χ4n) is 3.50. The summed E-state index contributed by atoms with van der Waals surface area (Å²) in [7, 11) is 0. The summed E-state index contributed by atoms with van der Waals surface area (Å²) in [6, 6.07) is 0. The number of carbonyl (C=O) groups excluding carboxylic acids is 1. The third kappa shape index (κ3) is 5.07. The second kappa shape index (κ2) is 4.97. The summed E-state index contributed by atoms with van der Waals surface area (Å²) in [6.45, 7) is 12.5. The maximum absolute atomic E-state index is 10.9. The zero-order valence-corrected chi connectivity index (χ0v) is 12.1. The lowest BCUT2D eigenvalue weighted by Gasteiger charge is -2.47. The molecule has 1 atom stereocenters. The maximum Gasteiger partial charge on any atom is 0.302 e. The summed E-state index contributed by atoms with van der Waals surface area (Å²) in [4.78, 5) is 10.9. The van der Waals surface area contributed by atoms with Gasteiger partial charge in [-0.15, -0.1) is 0 Å². The Bertz CT molecular complexity index is 268. The SMILES string of the molecule is CC(=O)OC(C)CC1CC(C)(C)NC(C)(C)C1. The second-order valence-electron chi connectivity index (χ2n) is 6.82. The van der Waals surface area contributed by atoms with Crippen molar-refractivity contribution in [1.82, 2.24) is 5.32 Å². The average molecular weight is 241 g/mol. The molecule has 3 heteroatoms. The number of ether oxygens (including phenoxy) is 1. The first-order valence-corrected chi connectivity index (χ1v) is 6.56. The molecule has 1 saturated heterocycles. The number of nitrogens with one attached hydrogen (secondary N) is 1. The molecule has 0 aromatic rings. The smallest absolute Gasteiger partial charge is 0.302 e. The van der Waals surface area contributed by atoms with Crippen molar-refractivity contribution in [3.05, 3.63) is 0 Å². The molecule has 1 aliphatic rings. The van der Waals surface area contributed by atoms with E-state index in [4.69, 9.17) is 4.74 Å². The van der Waals surface area contributed by atoms with Crippen molar-refractivity contribution in [2.24, 2.45) is 5.92 Å². The monoisotopic (exact) mass is 241 g/mol. The molecule has 0 radical (unpaired) electrons. The lowest BCUT2D eigenvalue weighted by molar-refractivity contribution is -0.146. The predicted octanol–water partition coefficient (Wildman–Crippen LogP) is 2.88. The molecule has 0 saturated carbocycles. The van der Waals surface area contributed by atoms with E-state index in [0.717, 1.165) is 19.3 Å². The first-order valence-electron chi connectivity index (χ1n) is 6.56. The van der Waals surface area contributed by atoms with Gasteiger partial charge in [-0.2, -0.15) is 0 Å². The molecule has 0 aromatic carbocycles. The minimum absolute atomic E-state index is 0.0298. The number of hydrogen-bond donors (Lipinski definition) is 1. The Hall–Kier alpha value is -0.570. The van der Waals surface area contributed by atoms with Crippen molar-refractivity contribution < 1.29 is 9.53 Å². The van der Waals surface area contributed by atoms with E-state index in [2.05, 4.69) is 33.0 Å². The number of rotatable bonds is 3. The molecule has 17 heavy (non-hydrogen) atoms. The summed E-state index contributed by atoms with van der Waals surface area (Å²) in [5.41, 5.74) is 0.338. The van der Waals surface area contributed by atoms with E-state index in [1.54, 1.807) is 0 Å². The van der Waals surface area contributed by atoms with E-state index < -0.39 is 0 Å². The van der Waals surface area contributed by atoms with Gasteiger partial charge in [-0.1, -0.05) is 0 Å². The van der Waals surface area contributed by atoms with Gasteiger partial charge in [0, 0.05) is 18.0 Å². The topological polar surface area (TPSA) is 38.3 Å². The van der Waals surface area contributed by atoms with Crippen molar-refractivity contribution in [2.45, 2.75) is 78.0 Å². The standard InChI is InChI=1S/C14H27NO2/c1-10(17-11(2)16)7-12-8-13(3,4)15-14(5,6)9-12/h10,12,15H,7-9H2,1-6H3. The van der Waals surface area contributed by atoms with Gasteiger partial charge in [-0.05, 0) is 59.8 Å². The molecule has 0 aliphatic carbocycles. The Balaban J connectivity index is 2.56. The molecule has 1 unspecified atom stereocenters. The predicted molar refractivity (Wildman–Crippen MR) is 69.9 cm³/mol. The number of hydrogen-bond acceptors (Lipinski definition) is 3. The molecule has 1 rings (SSSR count). The summed E-state index contributed by atoms with van der Waals surface area (Å²) in [5.74, 6) is 0.445. The highest BCUT2D eigenvalue weighted by atomic mass is 16.5. The molecule has 100 valence electrons. The van der Waals surface area contributed by atoms with Crippen LogP contribution in [0.2, 0.25) is 0 Å². The van der Waals surface area contributed by atoms with Gasteiger partial charge in [0.25, 0.3) is 0 Å². The van der Waals surface area contributed by atoms with Gasteiger partial charge in [0.2, 0.25) is 0 Å². The van der Waals surface area contributed by atoms with Crippen LogP contribution in [0.3, 0.4) is 0 Å². The summed E-state index contributed by atoms with van der Waals surface area (Å²) in [5, 5.41) is 3.67. The number of carbonyl (C=O) groups is 1. The molecular formula is C14H27NO2.